The van der Waals surface area contributed by atoms with Crippen molar-refractivity contribution in [2.75, 3.05) is 39.6 Å². The highest BCUT2D eigenvalue weighted by atomic mass is 16.6. The number of nitrogens with one attached hydrogen (secondary N) is 1. The summed E-state index contributed by atoms with van der Waals surface area (Å²) >= 11 is 0. The quantitative estimate of drug-likeness (QED) is 0.409. The molecule has 172 valence electrons. The van der Waals surface area contributed by atoms with Crippen LogP contribution in [0.25, 0.3) is 0 Å². The lowest BCUT2D eigenvalue weighted by molar-refractivity contribution is 0.0628. The molecule has 7 nitrogen and oxygen atoms in total. The second-order valence-electron chi connectivity index (χ2n) is 8.21. The van der Waals surface area contributed by atoms with Crippen LogP contribution < -0.4 is 10.1 Å². The van der Waals surface area contributed by atoms with Crippen LogP contribution in [-0.4, -0.2) is 56.4 Å². The first kappa shape index (κ1) is 26.2. The van der Waals surface area contributed by atoms with Crippen molar-refractivity contribution in [2.24, 2.45) is 0 Å². The minimum Gasteiger partial charge on any atom is -0.494 e. The van der Waals surface area contributed by atoms with Crippen molar-refractivity contribution >= 4 is 6.09 Å². The molecule has 0 fully saturated rings. The third kappa shape index (κ3) is 13.4. The SMILES string of the molecule is C[C@@H](OC(=O)NC(C)(C)C)c1cccc(OCCCCCOCCCOCCO)c1. The summed E-state index contributed by atoms with van der Waals surface area (Å²) in [6, 6.07) is 7.66. The number of aliphatic hydroxyl groups is 1. The minimum atomic E-state index is -0.429. The van der Waals surface area contributed by atoms with Crippen LogP contribution in [0.4, 0.5) is 4.79 Å². The molecule has 0 spiro atoms. The Hall–Kier alpha value is -1.83. The number of amides is 1. The molecule has 0 heterocycles. The summed E-state index contributed by atoms with van der Waals surface area (Å²) in [5.74, 6) is 0.776. The van der Waals surface area contributed by atoms with E-state index in [9.17, 15) is 4.79 Å². The summed E-state index contributed by atoms with van der Waals surface area (Å²) in [6.45, 7) is 10.7. The van der Waals surface area contributed by atoms with Gasteiger partial charge in [0, 0.05) is 25.4 Å². The Morgan fingerprint density at radius 1 is 1.00 bits per heavy atom. The number of carbonyl (C=O) groups excluding carboxylic acids is 1. The van der Waals surface area contributed by atoms with Gasteiger partial charge in [-0.25, -0.2) is 4.79 Å². The molecule has 30 heavy (non-hydrogen) atoms. The van der Waals surface area contributed by atoms with Crippen LogP contribution in [-0.2, 0) is 14.2 Å². The molecule has 0 saturated carbocycles. The lowest BCUT2D eigenvalue weighted by atomic mass is 10.1. The maximum absolute atomic E-state index is 11.9. The first-order chi connectivity index (χ1) is 14.3. The third-order valence-corrected chi connectivity index (χ3v) is 4.10. The standard InChI is InChI=1S/C23H39NO6/c1-19(30-22(26)24-23(2,3)4)20-10-8-11-21(18-20)29-16-7-5-6-13-27-14-9-15-28-17-12-25/h8,10-11,18-19,25H,5-7,9,12-17H2,1-4H3,(H,24,26)/t19-/m1/s1. The average Bonchev–Trinajstić information content (AvgIpc) is 2.67. The second-order valence-corrected chi connectivity index (χ2v) is 8.21. The van der Waals surface area contributed by atoms with Crippen LogP contribution in [0.5, 0.6) is 5.75 Å². The fourth-order valence-electron chi connectivity index (χ4n) is 2.63. The number of benzene rings is 1. The van der Waals surface area contributed by atoms with Gasteiger partial charge in [0.1, 0.15) is 11.9 Å². The summed E-state index contributed by atoms with van der Waals surface area (Å²) in [7, 11) is 0. The van der Waals surface area contributed by atoms with E-state index in [1.54, 1.807) is 0 Å². The minimum absolute atomic E-state index is 0.0641. The summed E-state index contributed by atoms with van der Waals surface area (Å²) in [6.07, 6.45) is 3.04. The zero-order valence-electron chi connectivity index (χ0n) is 18.9. The maximum atomic E-state index is 11.9. The molecule has 0 aromatic heterocycles. The second kappa shape index (κ2) is 15.0. The molecule has 0 aliphatic carbocycles. The van der Waals surface area contributed by atoms with E-state index in [2.05, 4.69) is 5.32 Å². The van der Waals surface area contributed by atoms with E-state index in [4.69, 9.17) is 24.1 Å². The van der Waals surface area contributed by atoms with Crippen LogP contribution >= 0.6 is 0 Å². The maximum Gasteiger partial charge on any atom is 0.408 e. The normalized spacial score (nSPS) is 12.4. The molecule has 2 N–H and O–H groups in total. The van der Waals surface area contributed by atoms with Crippen molar-refractivity contribution in [2.45, 2.75) is 65.0 Å². The smallest absolute Gasteiger partial charge is 0.408 e. The number of ether oxygens (including phenoxy) is 4. The zero-order chi connectivity index (χ0) is 22.2. The largest absolute Gasteiger partial charge is 0.494 e. The summed E-state index contributed by atoms with van der Waals surface area (Å²) in [5, 5.41) is 11.4. The molecular formula is C23H39NO6. The number of aliphatic hydroxyl groups excluding tert-OH is 1. The third-order valence-electron chi connectivity index (χ3n) is 4.10. The fourth-order valence-corrected chi connectivity index (χ4v) is 2.63. The Morgan fingerprint density at radius 3 is 2.37 bits per heavy atom. The molecule has 1 atom stereocenters. The monoisotopic (exact) mass is 425 g/mol. The van der Waals surface area contributed by atoms with E-state index in [0.29, 0.717) is 26.4 Å². The van der Waals surface area contributed by atoms with Gasteiger partial charge in [0.2, 0.25) is 0 Å². The van der Waals surface area contributed by atoms with E-state index in [1.165, 1.54) is 0 Å². The molecule has 0 radical (unpaired) electrons. The van der Waals surface area contributed by atoms with Gasteiger partial charge in [-0.05, 0) is 71.1 Å². The first-order valence-corrected chi connectivity index (χ1v) is 10.8. The number of unbranched alkanes of at least 4 members (excludes halogenated alkanes) is 2. The van der Waals surface area contributed by atoms with E-state index in [0.717, 1.165) is 43.6 Å². The van der Waals surface area contributed by atoms with Crippen molar-refractivity contribution in [1.82, 2.24) is 5.32 Å². The number of alkyl carbamates (subject to hydrolysis) is 1. The molecule has 1 aromatic carbocycles. The highest BCUT2D eigenvalue weighted by molar-refractivity contribution is 5.68. The number of rotatable bonds is 15. The molecule has 1 amide bonds. The van der Waals surface area contributed by atoms with Crippen molar-refractivity contribution in [3.63, 3.8) is 0 Å². The summed E-state index contributed by atoms with van der Waals surface area (Å²) in [4.78, 5) is 11.9. The van der Waals surface area contributed by atoms with Gasteiger partial charge in [-0.2, -0.15) is 0 Å². The van der Waals surface area contributed by atoms with Crippen molar-refractivity contribution in [3.8, 4) is 5.75 Å². The van der Waals surface area contributed by atoms with Crippen LogP contribution in [0, 0.1) is 0 Å². The van der Waals surface area contributed by atoms with Gasteiger partial charge < -0.3 is 29.4 Å². The van der Waals surface area contributed by atoms with Gasteiger partial charge in [-0.1, -0.05) is 12.1 Å². The summed E-state index contributed by atoms with van der Waals surface area (Å²) < 4.78 is 22.0. The highest BCUT2D eigenvalue weighted by Crippen LogP contribution is 2.22. The fraction of sp³-hybridized carbons (Fsp3) is 0.696. The van der Waals surface area contributed by atoms with Gasteiger partial charge in [0.25, 0.3) is 0 Å². The molecule has 0 saturated heterocycles. The highest BCUT2D eigenvalue weighted by Gasteiger charge is 2.18. The van der Waals surface area contributed by atoms with Crippen LogP contribution in [0.2, 0.25) is 0 Å². The van der Waals surface area contributed by atoms with Gasteiger partial charge in [-0.3, -0.25) is 0 Å². The lowest BCUT2D eigenvalue weighted by Crippen LogP contribution is -2.41. The van der Waals surface area contributed by atoms with Crippen LogP contribution in [0.1, 0.15) is 65.0 Å². The van der Waals surface area contributed by atoms with E-state index in [1.807, 2.05) is 52.0 Å². The van der Waals surface area contributed by atoms with Crippen LogP contribution in [0.15, 0.2) is 24.3 Å². The van der Waals surface area contributed by atoms with Gasteiger partial charge in [-0.15, -0.1) is 0 Å². The predicted molar refractivity (Wildman–Crippen MR) is 117 cm³/mol. The molecule has 1 rings (SSSR count). The molecule has 0 bridgehead atoms. The predicted octanol–water partition coefficient (Wildman–Crippen LogP) is 4.24. The average molecular weight is 426 g/mol. The molecule has 0 aliphatic heterocycles. The van der Waals surface area contributed by atoms with Crippen molar-refractivity contribution < 1.29 is 28.8 Å². The Kier molecular flexibility index (Phi) is 13.1. The first-order valence-electron chi connectivity index (χ1n) is 10.8. The Morgan fingerprint density at radius 2 is 1.67 bits per heavy atom. The van der Waals surface area contributed by atoms with E-state index < -0.39 is 6.09 Å². The molecule has 1 aromatic rings. The van der Waals surface area contributed by atoms with Crippen molar-refractivity contribution in [1.29, 1.82) is 0 Å². The topological polar surface area (TPSA) is 86.3 Å². The van der Waals surface area contributed by atoms with Crippen LogP contribution in [0.3, 0.4) is 0 Å². The Labute approximate surface area is 181 Å². The Balaban J connectivity index is 2.17. The molecule has 0 aliphatic rings. The van der Waals surface area contributed by atoms with Gasteiger partial charge in [0.15, 0.2) is 0 Å². The van der Waals surface area contributed by atoms with Gasteiger partial charge >= 0.3 is 6.09 Å². The number of hydrogen-bond acceptors (Lipinski definition) is 6. The van der Waals surface area contributed by atoms with E-state index >= 15 is 0 Å². The number of carbonyl (C=O) groups is 1. The Bertz CT molecular complexity index is 587. The molecule has 7 heteroatoms. The molecule has 0 unspecified atom stereocenters. The van der Waals surface area contributed by atoms with Gasteiger partial charge in [0.05, 0.1) is 19.8 Å². The number of hydrogen-bond donors (Lipinski definition) is 2. The summed E-state index contributed by atoms with van der Waals surface area (Å²) in [5.41, 5.74) is 0.564. The van der Waals surface area contributed by atoms with Crippen molar-refractivity contribution in [3.05, 3.63) is 29.8 Å². The van der Waals surface area contributed by atoms with E-state index in [-0.39, 0.29) is 18.2 Å². The zero-order valence-corrected chi connectivity index (χ0v) is 18.9. The lowest BCUT2D eigenvalue weighted by Gasteiger charge is -2.22. The molecular weight excluding hydrogens is 386 g/mol.